The first kappa shape index (κ1) is 15.7. The van der Waals surface area contributed by atoms with Crippen molar-refractivity contribution in [2.45, 2.75) is 13.3 Å². The van der Waals surface area contributed by atoms with E-state index in [4.69, 9.17) is 5.73 Å². The van der Waals surface area contributed by atoms with Crippen LogP contribution in [0, 0.1) is 0 Å². The lowest BCUT2D eigenvalue weighted by atomic mass is 9.96. The van der Waals surface area contributed by atoms with Gasteiger partial charge in [-0.3, -0.25) is 9.79 Å². The summed E-state index contributed by atoms with van der Waals surface area (Å²) in [6.07, 6.45) is 6.32. The molecule has 1 aliphatic carbocycles. The number of benzene rings is 1. The molecule has 0 spiro atoms. The number of ketones is 1. The highest BCUT2D eigenvalue weighted by Gasteiger charge is 2.16. The van der Waals surface area contributed by atoms with Crippen molar-refractivity contribution in [1.82, 2.24) is 5.43 Å². The van der Waals surface area contributed by atoms with Crippen LogP contribution in [0.4, 0.5) is 5.69 Å². The Balaban J connectivity index is 2.20. The van der Waals surface area contributed by atoms with Crippen molar-refractivity contribution in [2.24, 2.45) is 10.1 Å². The van der Waals surface area contributed by atoms with Gasteiger partial charge in [0.1, 0.15) is 5.71 Å². The zero-order chi connectivity index (χ0) is 15.9. The topological polar surface area (TPSA) is 79.8 Å². The van der Waals surface area contributed by atoms with Crippen LogP contribution in [0.25, 0.3) is 0 Å². The van der Waals surface area contributed by atoms with Gasteiger partial charge in [0.2, 0.25) is 0 Å². The maximum absolute atomic E-state index is 12.5. The predicted octanol–water partition coefficient (Wildman–Crippen LogP) is 2.37. The Kier molecular flexibility index (Phi) is 5.25. The molecule has 1 aromatic carbocycles. The fourth-order valence-corrected chi connectivity index (χ4v) is 1.99. The van der Waals surface area contributed by atoms with Crippen LogP contribution in [0.15, 0.2) is 58.2 Å². The number of hydrazone groups is 1. The molecule has 0 bridgehead atoms. The molecule has 0 saturated heterocycles. The maximum atomic E-state index is 12.5. The molecule has 0 aliphatic heterocycles. The zero-order valence-electron chi connectivity index (χ0n) is 12.8. The van der Waals surface area contributed by atoms with Gasteiger partial charge in [0.25, 0.3) is 0 Å². The number of nitrogens with zero attached hydrogens (tertiary/aromatic N) is 2. The molecule has 0 saturated carbocycles. The van der Waals surface area contributed by atoms with Crippen molar-refractivity contribution in [2.75, 3.05) is 19.3 Å². The summed E-state index contributed by atoms with van der Waals surface area (Å²) in [5, 5.41) is 4.28. The number of carbonyl (C=O) groups is 1. The number of allylic oxidation sites excluding steroid dienone is 4. The Morgan fingerprint density at radius 3 is 2.55 bits per heavy atom. The van der Waals surface area contributed by atoms with Crippen LogP contribution in [-0.2, 0) is 0 Å². The van der Waals surface area contributed by atoms with Crippen LogP contribution >= 0.6 is 0 Å². The van der Waals surface area contributed by atoms with E-state index in [1.807, 2.05) is 0 Å². The fraction of sp³-hybridized carbons (Fsp3) is 0.235. The van der Waals surface area contributed by atoms with Gasteiger partial charge in [0.05, 0.1) is 5.71 Å². The standard InChI is InChI=1S/C17H20N4O/c1-3-10-20-21-15-9-6-13(11-16(15)19-2)17(22)12-4-7-14(18)8-5-12/h4-9,11,20H,3,10,18H2,1-2H3/b19-16-,21-15-. The number of nitrogen functional groups attached to an aromatic ring is 1. The minimum absolute atomic E-state index is 0.0574. The molecular weight excluding hydrogens is 276 g/mol. The van der Waals surface area contributed by atoms with Gasteiger partial charge >= 0.3 is 0 Å². The Morgan fingerprint density at radius 2 is 1.91 bits per heavy atom. The number of aliphatic imine (C=N–C) groups is 1. The quantitative estimate of drug-likeness (QED) is 0.288. The second-order valence-corrected chi connectivity index (χ2v) is 4.90. The highest BCUT2D eigenvalue weighted by molar-refractivity contribution is 6.52. The number of anilines is 1. The number of hydrogen-bond donors (Lipinski definition) is 2. The summed E-state index contributed by atoms with van der Waals surface area (Å²) in [4.78, 5) is 16.7. The third-order valence-corrected chi connectivity index (χ3v) is 3.21. The molecule has 2 rings (SSSR count). The lowest BCUT2D eigenvalue weighted by Gasteiger charge is -2.11. The van der Waals surface area contributed by atoms with Crippen molar-refractivity contribution < 1.29 is 4.79 Å². The Morgan fingerprint density at radius 1 is 1.18 bits per heavy atom. The third kappa shape index (κ3) is 3.69. The molecule has 0 unspecified atom stereocenters. The van der Waals surface area contributed by atoms with Crippen molar-refractivity contribution in [3.63, 3.8) is 0 Å². The molecule has 0 radical (unpaired) electrons. The van der Waals surface area contributed by atoms with Crippen LogP contribution in [-0.4, -0.2) is 30.8 Å². The molecule has 3 N–H and O–H groups in total. The molecule has 5 heteroatoms. The number of Topliss-reactive ketones (excluding diaryl/α,β-unsaturated/α-hetero) is 1. The Labute approximate surface area is 130 Å². The van der Waals surface area contributed by atoms with Gasteiger partial charge in [-0.25, -0.2) is 0 Å². The van der Waals surface area contributed by atoms with Gasteiger partial charge in [0.15, 0.2) is 5.78 Å². The summed E-state index contributed by atoms with van der Waals surface area (Å²) in [5.41, 5.74) is 11.9. The lowest BCUT2D eigenvalue weighted by molar-refractivity contribution is 0.103. The average molecular weight is 296 g/mol. The van der Waals surface area contributed by atoms with Crippen molar-refractivity contribution >= 4 is 22.9 Å². The van der Waals surface area contributed by atoms with E-state index in [0.29, 0.717) is 22.5 Å². The van der Waals surface area contributed by atoms with Gasteiger partial charge in [-0.2, -0.15) is 5.10 Å². The van der Waals surface area contributed by atoms with Crippen LogP contribution in [0.5, 0.6) is 0 Å². The summed E-state index contributed by atoms with van der Waals surface area (Å²) >= 11 is 0. The van der Waals surface area contributed by atoms with E-state index in [0.717, 1.165) is 18.7 Å². The first-order valence-corrected chi connectivity index (χ1v) is 7.23. The number of hydrogen-bond acceptors (Lipinski definition) is 5. The summed E-state index contributed by atoms with van der Waals surface area (Å²) in [7, 11) is 1.69. The predicted molar refractivity (Wildman–Crippen MR) is 91.5 cm³/mol. The molecule has 5 nitrogen and oxygen atoms in total. The van der Waals surface area contributed by atoms with Gasteiger partial charge in [0, 0.05) is 30.4 Å². The van der Waals surface area contributed by atoms with E-state index in [9.17, 15) is 4.79 Å². The van der Waals surface area contributed by atoms with Crippen LogP contribution in [0.1, 0.15) is 23.7 Å². The third-order valence-electron chi connectivity index (χ3n) is 3.21. The highest BCUT2D eigenvalue weighted by atomic mass is 16.1. The van der Waals surface area contributed by atoms with Crippen LogP contribution in [0.3, 0.4) is 0 Å². The van der Waals surface area contributed by atoms with Crippen molar-refractivity contribution in [3.8, 4) is 0 Å². The smallest absolute Gasteiger partial charge is 0.193 e. The van der Waals surface area contributed by atoms with E-state index in [1.165, 1.54) is 0 Å². The van der Waals surface area contributed by atoms with Gasteiger partial charge in [-0.05, 0) is 48.9 Å². The zero-order valence-corrected chi connectivity index (χ0v) is 12.8. The molecule has 0 amide bonds. The summed E-state index contributed by atoms with van der Waals surface area (Å²) < 4.78 is 0. The normalized spacial score (nSPS) is 17.6. The number of rotatable bonds is 5. The molecule has 0 fully saturated rings. The molecule has 0 aromatic heterocycles. The SMILES string of the molecule is CCCN/N=C1/C=CC(C(=O)c2ccc(N)cc2)=C/C1=N/C. The molecule has 22 heavy (non-hydrogen) atoms. The molecule has 0 atom stereocenters. The first-order chi connectivity index (χ1) is 10.7. The minimum Gasteiger partial charge on any atom is -0.399 e. The summed E-state index contributed by atoms with van der Waals surface area (Å²) in [6, 6.07) is 6.89. The van der Waals surface area contributed by atoms with Crippen molar-refractivity contribution in [1.29, 1.82) is 0 Å². The van der Waals surface area contributed by atoms with E-state index >= 15 is 0 Å². The van der Waals surface area contributed by atoms with E-state index in [1.54, 1.807) is 49.5 Å². The molecular formula is C17H20N4O. The van der Waals surface area contributed by atoms with E-state index in [2.05, 4.69) is 22.4 Å². The number of nitrogens with one attached hydrogen (secondary N) is 1. The largest absolute Gasteiger partial charge is 0.399 e. The van der Waals surface area contributed by atoms with Crippen molar-refractivity contribution in [3.05, 3.63) is 53.6 Å². The Bertz CT molecular complexity index is 666. The second-order valence-electron chi connectivity index (χ2n) is 4.90. The summed E-state index contributed by atoms with van der Waals surface area (Å²) in [6.45, 7) is 2.87. The molecule has 0 heterocycles. The number of carbonyl (C=O) groups excluding carboxylic acids is 1. The Hall–Kier alpha value is -2.69. The summed E-state index contributed by atoms with van der Waals surface area (Å²) in [5.74, 6) is -0.0574. The molecule has 114 valence electrons. The second kappa shape index (κ2) is 7.36. The first-order valence-electron chi connectivity index (χ1n) is 7.23. The highest BCUT2D eigenvalue weighted by Crippen LogP contribution is 2.15. The molecule has 1 aromatic rings. The lowest BCUT2D eigenvalue weighted by Crippen LogP contribution is -2.20. The van der Waals surface area contributed by atoms with Gasteiger partial charge in [-0.1, -0.05) is 6.92 Å². The van der Waals surface area contributed by atoms with E-state index in [-0.39, 0.29) is 5.78 Å². The molecule has 1 aliphatic rings. The number of nitrogens with two attached hydrogens (primary N) is 1. The monoisotopic (exact) mass is 296 g/mol. The van der Waals surface area contributed by atoms with Crippen LogP contribution in [0.2, 0.25) is 0 Å². The van der Waals surface area contributed by atoms with Gasteiger partial charge in [-0.15, -0.1) is 0 Å². The fourth-order valence-electron chi connectivity index (χ4n) is 1.99. The maximum Gasteiger partial charge on any atom is 0.193 e. The minimum atomic E-state index is -0.0574. The van der Waals surface area contributed by atoms with E-state index < -0.39 is 0 Å². The van der Waals surface area contributed by atoms with Gasteiger partial charge < -0.3 is 11.2 Å². The average Bonchev–Trinajstić information content (AvgIpc) is 2.55. The van der Waals surface area contributed by atoms with Crippen LogP contribution < -0.4 is 11.2 Å².